The molecule has 2 rings (SSSR count). The number of aromatic nitrogens is 1. The minimum Gasteiger partial charge on any atom is -0.351 e. The van der Waals surface area contributed by atoms with E-state index in [2.05, 4.69) is 27.9 Å². The van der Waals surface area contributed by atoms with Crippen LogP contribution in [0.2, 0.25) is 0 Å². The highest BCUT2D eigenvalue weighted by Gasteiger charge is 2.12. The smallest absolute Gasteiger partial charge is 0.274 e. The molecule has 1 aromatic heterocycles. The summed E-state index contributed by atoms with van der Waals surface area (Å²) in [6.45, 7) is 4.11. The number of nitrogens with zero attached hydrogens (tertiary/aromatic N) is 1. The Morgan fingerprint density at radius 1 is 0.852 bits per heavy atom. The quantitative estimate of drug-likeness (QED) is 0.623. The van der Waals surface area contributed by atoms with Crippen LogP contribution >= 0.6 is 0 Å². The first-order valence-electron chi connectivity index (χ1n) is 8.94. The highest BCUT2D eigenvalue weighted by molar-refractivity contribution is 6.04. The predicted octanol–water partition coefficient (Wildman–Crippen LogP) is 3.21. The molecule has 27 heavy (non-hydrogen) atoms. The summed E-state index contributed by atoms with van der Waals surface area (Å²) >= 11 is 0. The molecule has 7 nitrogen and oxygen atoms in total. The molecule has 0 radical (unpaired) electrons. The van der Waals surface area contributed by atoms with Gasteiger partial charge in [-0.05, 0) is 42.8 Å². The molecule has 142 valence electrons. The van der Waals surface area contributed by atoms with Gasteiger partial charge < -0.3 is 16.0 Å². The van der Waals surface area contributed by atoms with Gasteiger partial charge in [-0.1, -0.05) is 25.8 Å². The zero-order valence-corrected chi connectivity index (χ0v) is 15.5. The number of nitrogens with one attached hydrogen (secondary N) is 3. The molecule has 0 saturated carbocycles. The predicted molar refractivity (Wildman–Crippen MR) is 105 cm³/mol. The number of carbonyl (C=O) groups excluding carboxylic acids is 3. The van der Waals surface area contributed by atoms with Gasteiger partial charge in [0.1, 0.15) is 11.4 Å². The third-order valence-electron chi connectivity index (χ3n) is 3.74. The highest BCUT2D eigenvalue weighted by Crippen LogP contribution is 2.14. The van der Waals surface area contributed by atoms with Crippen molar-refractivity contribution in [1.29, 1.82) is 0 Å². The maximum Gasteiger partial charge on any atom is 0.274 e. The van der Waals surface area contributed by atoms with Gasteiger partial charge in [0.15, 0.2) is 0 Å². The molecule has 0 aliphatic carbocycles. The van der Waals surface area contributed by atoms with E-state index in [0.717, 1.165) is 19.3 Å². The van der Waals surface area contributed by atoms with Crippen LogP contribution in [-0.2, 0) is 4.79 Å². The van der Waals surface area contributed by atoms with Crippen molar-refractivity contribution in [2.24, 2.45) is 0 Å². The van der Waals surface area contributed by atoms with Crippen LogP contribution in [0.1, 0.15) is 54.1 Å². The number of carbonyl (C=O) groups is 3. The number of hydrogen-bond acceptors (Lipinski definition) is 4. The van der Waals surface area contributed by atoms with Crippen LogP contribution in [0.3, 0.4) is 0 Å². The second-order valence-corrected chi connectivity index (χ2v) is 6.08. The first kappa shape index (κ1) is 20.1. The third kappa shape index (κ3) is 6.54. The van der Waals surface area contributed by atoms with E-state index in [1.807, 2.05) is 0 Å². The van der Waals surface area contributed by atoms with Gasteiger partial charge in [-0.15, -0.1) is 0 Å². The van der Waals surface area contributed by atoms with Crippen LogP contribution in [-0.4, -0.2) is 29.3 Å². The van der Waals surface area contributed by atoms with Gasteiger partial charge in [0, 0.05) is 24.8 Å². The SMILES string of the molecule is CCCCCNC(=O)c1cccc(C(=O)Nc2ccc(NC(C)=O)cc2)n1. The van der Waals surface area contributed by atoms with E-state index in [1.54, 1.807) is 42.5 Å². The van der Waals surface area contributed by atoms with E-state index in [-0.39, 0.29) is 23.2 Å². The van der Waals surface area contributed by atoms with Gasteiger partial charge in [-0.3, -0.25) is 14.4 Å². The largest absolute Gasteiger partial charge is 0.351 e. The molecule has 0 fully saturated rings. The van der Waals surface area contributed by atoms with Crippen molar-refractivity contribution < 1.29 is 14.4 Å². The average Bonchev–Trinajstić information content (AvgIpc) is 2.66. The fourth-order valence-electron chi connectivity index (χ4n) is 2.39. The fraction of sp³-hybridized carbons (Fsp3) is 0.300. The van der Waals surface area contributed by atoms with Crippen LogP contribution in [0.25, 0.3) is 0 Å². The van der Waals surface area contributed by atoms with Crippen molar-refractivity contribution in [3.8, 4) is 0 Å². The second-order valence-electron chi connectivity index (χ2n) is 6.08. The standard InChI is InChI=1S/C20H24N4O3/c1-3-4-5-13-21-19(26)17-7-6-8-18(24-17)20(27)23-16-11-9-15(10-12-16)22-14(2)25/h6-12H,3-5,13H2,1-2H3,(H,21,26)(H,22,25)(H,23,27). The lowest BCUT2D eigenvalue weighted by Gasteiger charge is -2.08. The van der Waals surface area contributed by atoms with Crippen LogP contribution in [0, 0.1) is 0 Å². The number of hydrogen-bond donors (Lipinski definition) is 3. The molecule has 0 saturated heterocycles. The maximum absolute atomic E-state index is 12.4. The van der Waals surface area contributed by atoms with E-state index in [9.17, 15) is 14.4 Å². The van der Waals surface area contributed by atoms with Crippen molar-refractivity contribution in [2.45, 2.75) is 33.1 Å². The summed E-state index contributed by atoms with van der Waals surface area (Å²) in [5, 5.41) is 8.18. The van der Waals surface area contributed by atoms with Gasteiger partial charge in [0.05, 0.1) is 0 Å². The Kier molecular flexibility index (Phi) is 7.49. The molecule has 7 heteroatoms. The summed E-state index contributed by atoms with van der Waals surface area (Å²) < 4.78 is 0. The summed E-state index contributed by atoms with van der Waals surface area (Å²) in [4.78, 5) is 39.7. The first-order chi connectivity index (χ1) is 13.0. The average molecular weight is 368 g/mol. The van der Waals surface area contributed by atoms with Gasteiger partial charge in [-0.25, -0.2) is 4.98 Å². The Hall–Kier alpha value is -3.22. The number of benzene rings is 1. The minimum atomic E-state index is -0.414. The summed E-state index contributed by atoms with van der Waals surface area (Å²) in [6.07, 6.45) is 3.04. The molecule has 1 aromatic carbocycles. The van der Waals surface area contributed by atoms with Crippen LogP contribution in [0.15, 0.2) is 42.5 Å². The van der Waals surface area contributed by atoms with Crippen LogP contribution in [0.5, 0.6) is 0 Å². The lowest BCUT2D eigenvalue weighted by Crippen LogP contribution is -2.26. The summed E-state index contributed by atoms with van der Waals surface area (Å²) in [5.41, 5.74) is 1.56. The normalized spacial score (nSPS) is 10.1. The van der Waals surface area contributed by atoms with E-state index < -0.39 is 5.91 Å². The fourth-order valence-corrected chi connectivity index (χ4v) is 2.39. The van der Waals surface area contributed by atoms with Gasteiger partial charge >= 0.3 is 0 Å². The van der Waals surface area contributed by atoms with E-state index in [4.69, 9.17) is 0 Å². The molecule has 3 N–H and O–H groups in total. The molecule has 1 heterocycles. The Labute approximate surface area is 158 Å². The lowest BCUT2D eigenvalue weighted by molar-refractivity contribution is -0.114. The number of unbranched alkanes of at least 4 members (excludes halogenated alkanes) is 2. The van der Waals surface area contributed by atoms with Gasteiger partial charge in [-0.2, -0.15) is 0 Å². The van der Waals surface area contributed by atoms with E-state index >= 15 is 0 Å². The minimum absolute atomic E-state index is 0.155. The van der Waals surface area contributed by atoms with Gasteiger partial charge in [0.2, 0.25) is 5.91 Å². The first-order valence-corrected chi connectivity index (χ1v) is 8.94. The maximum atomic E-state index is 12.4. The Morgan fingerprint density at radius 3 is 2.04 bits per heavy atom. The van der Waals surface area contributed by atoms with Crippen molar-refractivity contribution in [2.75, 3.05) is 17.2 Å². The highest BCUT2D eigenvalue weighted by atomic mass is 16.2. The lowest BCUT2D eigenvalue weighted by atomic mass is 10.2. The van der Waals surface area contributed by atoms with Crippen molar-refractivity contribution in [3.63, 3.8) is 0 Å². The van der Waals surface area contributed by atoms with Crippen LogP contribution < -0.4 is 16.0 Å². The Bertz CT molecular complexity index is 803. The molecule has 3 amide bonds. The van der Waals surface area contributed by atoms with Gasteiger partial charge in [0.25, 0.3) is 11.8 Å². The number of anilines is 2. The monoisotopic (exact) mass is 368 g/mol. The van der Waals surface area contributed by atoms with E-state index in [1.165, 1.54) is 6.92 Å². The summed E-state index contributed by atoms with van der Waals surface area (Å²) in [6, 6.07) is 11.5. The Morgan fingerprint density at radius 2 is 1.44 bits per heavy atom. The number of rotatable bonds is 8. The molecular weight excluding hydrogens is 344 g/mol. The molecule has 0 aliphatic rings. The molecule has 0 spiro atoms. The molecule has 0 atom stereocenters. The summed E-state index contributed by atoms with van der Waals surface area (Å²) in [7, 11) is 0. The topological polar surface area (TPSA) is 100 Å². The van der Waals surface area contributed by atoms with Crippen molar-refractivity contribution in [3.05, 3.63) is 53.9 Å². The second kappa shape index (κ2) is 10.1. The zero-order chi connectivity index (χ0) is 19.6. The zero-order valence-electron chi connectivity index (χ0n) is 15.5. The molecular formula is C20H24N4O3. The van der Waals surface area contributed by atoms with Crippen molar-refractivity contribution >= 4 is 29.1 Å². The number of amides is 3. The molecule has 0 aliphatic heterocycles. The third-order valence-corrected chi connectivity index (χ3v) is 3.74. The molecule has 0 unspecified atom stereocenters. The summed E-state index contributed by atoms with van der Waals surface area (Å²) in [5.74, 6) is -0.871. The Balaban J connectivity index is 1.98. The molecule has 0 bridgehead atoms. The van der Waals surface area contributed by atoms with Crippen molar-refractivity contribution in [1.82, 2.24) is 10.3 Å². The number of pyridine rings is 1. The molecule has 2 aromatic rings. The van der Waals surface area contributed by atoms with E-state index in [0.29, 0.717) is 17.9 Å². The van der Waals surface area contributed by atoms with Crippen LogP contribution in [0.4, 0.5) is 11.4 Å².